The van der Waals surface area contributed by atoms with Crippen LogP contribution >= 0.6 is 12.0 Å². The molecule has 0 aliphatic rings. The van der Waals surface area contributed by atoms with Gasteiger partial charge in [-0.25, -0.2) is 0 Å². The fourth-order valence-electron chi connectivity index (χ4n) is 2.53. The minimum atomic E-state index is -0.410. The van der Waals surface area contributed by atoms with E-state index in [4.69, 9.17) is 4.18 Å². The van der Waals surface area contributed by atoms with E-state index in [1.54, 1.807) is 6.07 Å². The third-order valence-electron chi connectivity index (χ3n) is 3.83. The van der Waals surface area contributed by atoms with Gasteiger partial charge in [-0.2, -0.15) is 0 Å². The molecule has 126 valence electrons. The molecule has 3 aromatic rings. The summed E-state index contributed by atoms with van der Waals surface area (Å²) in [5.74, 6) is 0.270. The van der Waals surface area contributed by atoms with Gasteiger partial charge >= 0.3 is 5.69 Å². The van der Waals surface area contributed by atoms with Crippen molar-refractivity contribution in [3.05, 3.63) is 88.0 Å². The van der Waals surface area contributed by atoms with Crippen LogP contribution in [-0.4, -0.2) is 4.92 Å². The molecular formula is C20H17NO3S. The fourth-order valence-corrected chi connectivity index (χ4v) is 3.21. The zero-order valence-corrected chi connectivity index (χ0v) is 14.7. The largest absolute Gasteiger partial charge is 0.413 e. The highest BCUT2D eigenvalue weighted by Crippen LogP contribution is 2.41. The van der Waals surface area contributed by atoms with Crippen LogP contribution in [0.1, 0.15) is 11.1 Å². The number of rotatable bonds is 5. The Morgan fingerprint density at radius 1 is 0.960 bits per heavy atom. The minimum absolute atomic E-state index is 0.0416. The third-order valence-corrected chi connectivity index (χ3v) is 4.72. The summed E-state index contributed by atoms with van der Waals surface area (Å²) in [6, 6.07) is 20.6. The summed E-state index contributed by atoms with van der Waals surface area (Å²) in [6.45, 7) is 3.97. The lowest BCUT2D eigenvalue weighted by Gasteiger charge is -2.12. The Morgan fingerprint density at radius 3 is 2.44 bits per heavy atom. The summed E-state index contributed by atoms with van der Waals surface area (Å²) in [5.41, 5.74) is 3.70. The molecule has 0 N–H and O–H groups in total. The summed E-state index contributed by atoms with van der Waals surface area (Å²) in [7, 11) is 0. The molecular weight excluding hydrogens is 334 g/mol. The Bertz CT molecular complexity index is 924. The third kappa shape index (κ3) is 3.83. The Labute approximate surface area is 150 Å². The van der Waals surface area contributed by atoms with Crippen molar-refractivity contribution in [2.45, 2.75) is 18.7 Å². The van der Waals surface area contributed by atoms with Gasteiger partial charge in [0.2, 0.25) is 5.75 Å². The smallest absolute Gasteiger partial charge is 0.313 e. The Morgan fingerprint density at radius 2 is 1.72 bits per heavy atom. The zero-order chi connectivity index (χ0) is 17.8. The summed E-state index contributed by atoms with van der Waals surface area (Å²) in [4.78, 5) is 12.0. The van der Waals surface area contributed by atoms with E-state index in [9.17, 15) is 10.1 Å². The number of nitro benzene ring substituents is 1. The van der Waals surface area contributed by atoms with Crippen LogP contribution in [0.25, 0.3) is 11.1 Å². The van der Waals surface area contributed by atoms with Crippen LogP contribution in [0.4, 0.5) is 5.69 Å². The highest BCUT2D eigenvalue weighted by atomic mass is 32.2. The molecule has 0 spiro atoms. The topological polar surface area (TPSA) is 52.4 Å². The molecule has 0 saturated carbocycles. The molecule has 0 heterocycles. The van der Waals surface area contributed by atoms with Crippen LogP contribution < -0.4 is 4.18 Å². The first kappa shape index (κ1) is 17.0. The van der Waals surface area contributed by atoms with Gasteiger partial charge in [0.25, 0.3) is 0 Å². The molecule has 0 unspecified atom stereocenters. The van der Waals surface area contributed by atoms with Gasteiger partial charge < -0.3 is 4.18 Å². The first-order chi connectivity index (χ1) is 12.1. The van der Waals surface area contributed by atoms with Gasteiger partial charge in [-0.15, -0.1) is 0 Å². The van der Waals surface area contributed by atoms with E-state index in [0.717, 1.165) is 33.6 Å². The highest BCUT2D eigenvalue weighted by Gasteiger charge is 2.21. The van der Waals surface area contributed by atoms with E-state index in [0.29, 0.717) is 5.56 Å². The Kier molecular flexibility index (Phi) is 5.05. The number of aryl methyl sites for hydroxylation is 2. The van der Waals surface area contributed by atoms with Crippen molar-refractivity contribution < 1.29 is 9.11 Å². The van der Waals surface area contributed by atoms with Crippen molar-refractivity contribution in [1.29, 1.82) is 0 Å². The van der Waals surface area contributed by atoms with Crippen LogP contribution in [0.3, 0.4) is 0 Å². The van der Waals surface area contributed by atoms with Gasteiger partial charge in [0.1, 0.15) is 0 Å². The molecule has 0 radical (unpaired) electrons. The predicted molar refractivity (Wildman–Crippen MR) is 101 cm³/mol. The first-order valence-corrected chi connectivity index (χ1v) is 8.55. The summed E-state index contributed by atoms with van der Waals surface area (Å²) in [6.07, 6.45) is 0. The monoisotopic (exact) mass is 351 g/mol. The van der Waals surface area contributed by atoms with Gasteiger partial charge in [-0.3, -0.25) is 10.1 Å². The molecule has 0 aliphatic carbocycles. The average Bonchev–Trinajstić information content (AvgIpc) is 2.60. The van der Waals surface area contributed by atoms with Crippen molar-refractivity contribution in [3.8, 4) is 16.9 Å². The second-order valence-corrected chi connectivity index (χ2v) is 6.49. The number of nitro groups is 1. The number of nitrogens with zero attached hydrogens (tertiary/aromatic N) is 1. The lowest BCUT2D eigenvalue weighted by molar-refractivity contribution is -0.385. The number of para-hydroxylation sites is 1. The molecule has 5 heteroatoms. The SMILES string of the molecule is Cc1cccc(-c2cccc([N+](=O)[O-])c2OSc2ccccc2C)c1. The minimum Gasteiger partial charge on any atom is -0.413 e. The molecule has 4 nitrogen and oxygen atoms in total. The van der Waals surface area contributed by atoms with Gasteiger partial charge in [-0.1, -0.05) is 60.2 Å². The standard InChI is InChI=1S/C20H17NO3S/c1-14-7-5-9-16(13-14)17-10-6-11-18(21(22)23)20(17)24-25-19-12-4-3-8-15(19)2/h3-13H,1-2H3. The molecule has 0 amide bonds. The van der Waals surface area contributed by atoms with Gasteiger partial charge in [0, 0.05) is 11.6 Å². The summed E-state index contributed by atoms with van der Waals surface area (Å²) < 4.78 is 5.87. The maximum atomic E-state index is 11.5. The van der Waals surface area contributed by atoms with Crippen molar-refractivity contribution in [1.82, 2.24) is 0 Å². The lowest BCUT2D eigenvalue weighted by Crippen LogP contribution is -1.95. The fraction of sp³-hybridized carbons (Fsp3) is 0.100. The van der Waals surface area contributed by atoms with E-state index in [2.05, 4.69) is 0 Å². The van der Waals surface area contributed by atoms with Crippen molar-refractivity contribution >= 4 is 17.7 Å². The predicted octanol–water partition coefficient (Wildman–Crippen LogP) is 5.96. The van der Waals surface area contributed by atoms with E-state index in [-0.39, 0.29) is 11.4 Å². The van der Waals surface area contributed by atoms with Gasteiger partial charge in [0.05, 0.1) is 21.9 Å². The maximum absolute atomic E-state index is 11.5. The first-order valence-electron chi connectivity index (χ1n) is 7.81. The Balaban J connectivity index is 2.03. The van der Waals surface area contributed by atoms with Gasteiger partial charge in [0.15, 0.2) is 0 Å². The molecule has 0 aliphatic heterocycles. The second-order valence-electron chi connectivity index (χ2n) is 5.71. The molecule has 0 saturated heterocycles. The normalized spacial score (nSPS) is 10.5. The number of hydrogen-bond donors (Lipinski definition) is 0. The van der Waals surface area contributed by atoms with Crippen LogP contribution in [-0.2, 0) is 0 Å². The molecule has 25 heavy (non-hydrogen) atoms. The van der Waals surface area contributed by atoms with E-state index >= 15 is 0 Å². The molecule has 3 aromatic carbocycles. The van der Waals surface area contributed by atoms with E-state index in [1.165, 1.54) is 6.07 Å². The van der Waals surface area contributed by atoms with Crippen LogP contribution in [0, 0.1) is 24.0 Å². The summed E-state index contributed by atoms with van der Waals surface area (Å²) in [5, 5.41) is 11.5. The second kappa shape index (κ2) is 7.40. The molecule has 0 atom stereocenters. The molecule has 3 rings (SSSR count). The van der Waals surface area contributed by atoms with Crippen LogP contribution in [0.2, 0.25) is 0 Å². The van der Waals surface area contributed by atoms with E-state index in [1.807, 2.05) is 68.4 Å². The lowest BCUT2D eigenvalue weighted by atomic mass is 10.0. The maximum Gasteiger partial charge on any atom is 0.313 e. The van der Waals surface area contributed by atoms with Gasteiger partial charge in [-0.05, 0) is 31.0 Å². The van der Waals surface area contributed by atoms with Crippen molar-refractivity contribution in [2.75, 3.05) is 0 Å². The number of hydrogen-bond acceptors (Lipinski definition) is 4. The number of benzene rings is 3. The molecule has 0 bridgehead atoms. The van der Waals surface area contributed by atoms with Crippen LogP contribution in [0.15, 0.2) is 71.6 Å². The molecule has 0 aromatic heterocycles. The summed E-state index contributed by atoms with van der Waals surface area (Å²) >= 11 is 1.14. The van der Waals surface area contributed by atoms with Crippen molar-refractivity contribution in [2.24, 2.45) is 0 Å². The van der Waals surface area contributed by atoms with E-state index < -0.39 is 4.92 Å². The quantitative estimate of drug-likeness (QED) is 0.323. The molecule has 0 fully saturated rings. The average molecular weight is 351 g/mol. The Hall–Kier alpha value is -2.79. The zero-order valence-electron chi connectivity index (χ0n) is 13.9. The van der Waals surface area contributed by atoms with Crippen molar-refractivity contribution in [3.63, 3.8) is 0 Å². The highest BCUT2D eigenvalue weighted by molar-refractivity contribution is 7.95. The van der Waals surface area contributed by atoms with Crippen LogP contribution in [0.5, 0.6) is 5.75 Å².